The van der Waals surface area contributed by atoms with Gasteiger partial charge in [-0.25, -0.2) is 15.0 Å². The van der Waals surface area contributed by atoms with E-state index >= 15 is 0 Å². The standard InChI is InChI=1S/C15H17N5O2/c1-22-15-16-7-9(8-17-15)10-6-12(21)19-14-13(10)18-11-4-2-3-5-20(11)14/h7-8,10H,2-6H2,1H3,(H,19,21). The average Bonchev–Trinajstić information content (AvgIpc) is 2.93. The van der Waals surface area contributed by atoms with Crippen LogP contribution in [0.15, 0.2) is 12.4 Å². The molecule has 22 heavy (non-hydrogen) atoms. The van der Waals surface area contributed by atoms with Crippen LogP contribution in [-0.4, -0.2) is 32.5 Å². The largest absolute Gasteiger partial charge is 0.467 e. The number of anilines is 1. The Labute approximate surface area is 127 Å². The first-order chi connectivity index (χ1) is 10.8. The molecule has 2 aromatic rings. The van der Waals surface area contributed by atoms with Gasteiger partial charge in [0.25, 0.3) is 0 Å². The van der Waals surface area contributed by atoms with Gasteiger partial charge in [-0.3, -0.25) is 4.79 Å². The van der Waals surface area contributed by atoms with Crippen molar-refractivity contribution < 1.29 is 9.53 Å². The molecule has 7 nitrogen and oxygen atoms in total. The number of ether oxygens (including phenoxy) is 1. The number of methoxy groups -OCH3 is 1. The highest BCUT2D eigenvalue weighted by Crippen LogP contribution is 2.38. The maximum atomic E-state index is 12.1. The van der Waals surface area contributed by atoms with Crippen LogP contribution in [0.25, 0.3) is 0 Å². The number of hydrogen-bond acceptors (Lipinski definition) is 5. The van der Waals surface area contributed by atoms with Crippen molar-refractivity contribution in [1.29, 1.82) is 0 Å². The summed E-state index contributed by atoms with van der Waals surface area (Å²) in [7, 11) is 1.53. The van der Waals surface area contributed by atoms with Gasteiger partial charge in [-0.05, 0) is 18.4 Å². The van der Waals surface area contributed by atoms with Gasteiger partial charge in [0.15, 0.2) is 0 Å². The molecule has 0 spiro atoms. The van der Waals surface area contributed by atoms with E-state index in [0.717, 1.165) is 48.7 Å². The lowest BCUT2D eigenvalue weighted by molar-refractivity contribution is -0.116. The number of carbonyl (C=O) groups excluding carboxylic acids is 1. The summed E-state index contributed by atoms with van der Waals surface area (Å²) in [6.45, 7) is 0.920. The van der Waals surface area contributed by atoms with Crippen molar-refractivity contribution >= 4 is 11.7 Å². The number of nitrogens with one attached hydrogen (secondary N) is 1. The summed E-state index contributed by atoms with van der Waals surface area (Å²) in [5.41, 5.74) is 1.83. The van der Waals surface area contributed by atoms with Crippen LogP contribution in [0.3, 0.4) is 0 Å². The molecule has 2 aromatic heterocycles. The van der Waals surface area contributed by atoms with Gasteiger partial charge in [-0.15, -0.1) is 0 Å². The van der Waals surface area contributed by atoms with E-state index in [0.29, 0.717) is 12.4 Å². The summed E-state index contributed by atoms with van der Waals surface area (Å²) in [6, 6.07) is 0.327. The number of aromatic nitrogens is 4. The second-order valence-electron chi connectivity index (χ2n) is 5.68. The molecular formula is C15H17N5O2. The minimum Gasteiger partial charge on any atom is -0.467 e. The number of hydrogen-bond donors (Lipinski definition) is 1. The third-order valence-corrected chi connectivity index (χ3v) is 4.32. The van der Waals surface area contributed by atoms with Crippen LogP contribution in [0.1, 0.15) is 42.3 Å². The fraction of sp³-hybridized carbons (Fsp3) is 0.467. The third-order valence-electron chi connectivity index (χ3n) is 4.32. The zero-order valence-electron chi connectivity index (χ0n) is 12.4. The van der Waals surface area contributed by atoms with E-state index in [4.69, 9.17) is 9.72 Å². The third kappa shape index (κ3) is 2.04. The Kier molecular flexibility index (Phi) is 3.06. The summed E-state index contributed by atoms with van der Waals surface area (Å²) < 4.78 is 7.14. The van der Waals surface area contributed by atoms with Crippen LogP contribution in [0.2, 0.25) is 0 Å². The monoisotopic (exact) mass is 299 g/mol. The average molecular weight is 299 g/mol. The SMILES string of the molecule is COc1ncc(C2CC(=O)Nc3c2nc2n3CCCC2)cn1. The van der Waals surface area contributed by atoms with E-state index < -0.39 is 0 Å². The van der Waals surface area contributed by atoms with E-state index in [2.05, 4.69) is 19.9 Å². The zero-order valence-corrected chi connectivity index (χ0v) is 12.4. The zero-order chi connectivity index (χ0) is 15.1. The predicted molar refractivity (Wildman–Crippen MR) is 78.8 cm³/mol. The Bertz CT molecular complexity index is 722. The van der Waals surface area contributed by atoms with Gasteiger partial charge in [0, 0.05) is 37.7 Å². The first-order valence-electron chi connectivity index (χ1n) is 7.51. The van der Waals surface area contributed by atoms with Crippen molar-refractivity contribution in [2.75, 3.05) is 12.4 Å². The maximum Gasteiger partial charge on any atom is 0.316 e. The van der Waals surface area contributed by atoms with E-state index in [1.807, 2.05) is 0 Å². The number of amides is 1. The Morgan fingerprint density at radius 3 is 2.91 bits per heavy atom. The molecule has 0 radical (unpaired) electrons. The van der Waals surface area contributed by atoms with Crippen LogP contribution >= 0.6 is 0 Å². The molecule has 0 bridgehead atoms. The summed E-state index contributed by atoms with van der Waals surface area (Å²) in [5.74, 6) is 1.85. The lowest BCUT2D eigenvalue weighted by atomic mass is 9.92. The molecule has 2 aliphatic heterocycles. The highest BCUT2D eigenvalue weighted by molar-refractivity contribution is 5.94. The molecule has 7 heteroatoms. The van der Waals surface area contributed by atoms with E-state index in [1.54, 1.807) is 12.4 Å². The van der Waals surface area contributed by atoms with Crippen LogP contribution in [0, 0.1) is 0 Å². The van der Waals surface area contributed by atoms with E-state index in [9.17, 15) is 4.79 Å². The molecule has 2 aliphatic rings. The molecule has 1 unspecified atom stereocenters. The molecule has 0 saturated heterocycles. The van der Waals surface area contributed by atoms with Gasteiger partial charge in [0.2, 0.25) is 5.91 Å². The van der Waals surface area contributed by atoms with Crippen molar-refractivity contribution in [2.24, 2.45) is 0 Å². The van der Waals surface area contributed by atoms with E-state index in [-0.39, 0.29) is 11.8 Å². The first kappa shape index (κ1) is 13.2. The highest BCUT2D eigenvalue weighted by Gasteiger charge is 2.33. The number of carbonyl (C=O) groups is 1. The summed E-state index contributed by atoms with van der Waals surface area (Å²) in [5, 5.41) is 2.99. The molecule has 0 fully saturated rings. The lowest BCUT2D eigenvalue weighted by Gasteiger charge is -2.23. The van der Waals surface area contributed by atoms with Crippen molar-refractivity contribution in [3.8, 4) is 6.01 Å². The quantitative estimate of drug-likeness (QED) is 0.908. The number of nitrogens with zero attached hydrogens (tertiary/aromatic N) is 4. The van der Waals surface area contributed by atoms with Gasteiger partial charge >= 0.3 is 6.01 Å². The number of rotatable bonds is 2. The maximum absolute atomic E-state index is 12.1. The Balaban J connectivity index is 1.78. The van der Waals surface area contributed by atoms with Crippen LogP contribution in [0.5, 0.6) is 6.01 Å². The van der Waals surface area contributed by atoms with Crippen molar-refractivity contribution in [3.05, 3.63) is 29.5 Å². The minimum atomic E-state index is -0.0900. The predicted octanol–water partition coefficient (Wildman–Crippen LogP) is 1.49. The van der Waals surface area contributed by atoms with Crippen LogP contribution in [-0.2, 0) is 17.8 Å². The minimum absolute atomic E-state index is 0.0154. The normalized spacial score (nSPS) is 20.0. The second-order valence-corrected chi connectivity index (χ2v) is 5.68. The van der Waals surface area contributed by atoms with Crippen LogP contribution < -0.4 is 10.1 Å². The summed E-state index contributed by atoms with van der Waals surface area (Å²) >= 11 is 0. The van der Waals surface area contributed by atoms with Crippen molar-refractivity contribution in [2.45, 2.75) is 38.1 Å². The Hall–Kier alpha value is -2.44. The fourth-order valence-corrected chi connectivity index (χ4v) is 3.23. The Morgan fingerprint density at radius 2 is 2.14 bits per heavy atom. The fourth-order valence-electron chi connectivity index (χ4n) is 3.23. The first-order valence-corrected chi connectivity index (χ1v) is 7.51. The number of imidazole rings is 1. The second kappa shape index (κ2) is 5.08. The molecule has 4 heterocycles. The van der Waals surface area contributed by atoms with E-state index in [1.165, 1.54) is 7.11 Å². The van der Waals surface area contributed by atoms with Gasteiger partial charge < -0.3 is 14.6 Å². The van der Waals surface area contributed by atoms with Crippen LogP contribution in [0.4, 0.5) is 5.82 Å². The molecule has 1 atom stereocenters. The summed E-state index contributed by atoms with van der Waals surface area (Å²) in [6.07, 6.45) is 7.06. The van der Waals surface area contributed by atoms with Gasteiger partial charge in [0.05, 0.1) is 12.8 Å². The van der Waals surface area contributed by atoms with Crippen molar-refractivity contribution in [1.82, 2.24) is 19.5 Å². The topological polar surface area (TPSA) is 81.9 Å². The van der Waals surface area contributed by atoms with Gasteiger partial charge in [-0.1, -0.05) is 0 Å². The number of aryl methyl sites for hydroxylation is 1. The van der Waals surface area contributed by atoms with Crippen molar-refractivity contribution in [3.63, 3.8) is 0 Å². The molecular weight excluding hydrogens is 282 g/mol. The smallest absolute Gasteiger partial charge is 0.316 e. The van der Waals surface area contributed by atoms with Gasteiger partial charge in [-0.2, -0.15) is 0 Å². The molecule has 114 valence electrons. The van der Waals surface area contributed by atoms with Gasteiger partial charge in [0.1, 0.15) is 11.6 Å². The molecule has 4 rings (SSSR count). The summed E-state index contributed by atoms with van der Waals surface area (Å²) in [4.78, 5) is 25.2. The Morgan fingerprint density at radius 1 is 1.32 bits per heavy atom. The lowest BCUT2D eigenvalue weighted by Crippen LogP contribution is -2.25. The molecule has 1 N–H and O–H groups in total. The molecule has 0 saturated carbocycles. The number of fused-ring (bicyclic) bond motifs is 3. The molecule has 0 aromatic carbocycles. The molecule has 0 aliphatic carbocycles. The molecule has 1 amide bonds. The highest BCUT2D eigenvalue weighted by atomic mass is 16.5.